The maximum absolute atomic E-state index is 13.2. The number of anilines is 1. The minimum atomic E-state index is -3.55. The molecule has 3 aliphatic heterocycles. The van der Waals surface area contributed by atoms with E-state index in [9.17, 15) is 18.0 Å². The summed E-state index contributed by atoms with van der Waals surface area (Å²) in [5.41, 5.74) is 1.48. The molecule has 1 aromatic carbocycles. The van der Waals surface area contributed by atoms with Crippen molar-refractivity contribution in [2.75, 3.05) is 57.3 Å². The number of carbonyl (C=O) groups is 2. The lowest BCUT2D eigenvalue weighted by Gasteiger charge is -2.36. The van der Waals surface area contributed by atoms with Crippen molar-refractivity contribution in [1.82, 2.24) is 14.1 Å². The lowest BCUT2D eigenvalue weighted by molar-refractivity contribution is -0.133. The zero-order valence-electron chi connectivity index (χ0n) is 19.8. The van der Waals surface area contributed by atoms with Crippen LogP contribution in [0.5, 0.6) is 0 Å². The van der Waals surface area contributed by atoms with E-state index < -0.39 is 10.0 Å². The van der Waals surface area contributed by atoms with Gasteiger partial charge >= 0.3 is 0 Å². The molecule has 0 saturated carbocycles. The van der Waals surface area contributed by atoms with Crippen molar-refractivity contribution < 1.29 is 18.0 Å². The Morgan fingerprint density at radius 2 is 1.73 bits per heavy atom. The number of aryl methyl sites for hydroxylation is 1. The highest BCUT2D eigenvalue weighted by Gasteiger charge is 2.32. The third-order valence-electron chi connectivity index (χ3n) is 7.19. The third kappa shape index (κ3) is 5.25. The number of sulfonamides is 1. The molecule has 0 spiro atoms. The van der Waals surface area contributed by atoms with E-state index in [4.69, 9.17) is 0 Å². The van der Waals surface area contributed by atoms with Gasteiger partial charge in [-0.2, -0.15) is 4.31 Å². The van der Waals surface area contributed by atoms with Crippen LogP contribution in [0.3, 0.4) is 0 Å². The fourth-order valence-electron chi connectivity index (χ4n) is 5.02. The Bertz CT molecular complexity index is 980. The molecule has 8 nitrogen and oxygen atoms in total. The van der Waals surface area contributed by atoms with Crippen LogP contribution in [0.25, 0.3) is 0 Å². The number of piperidine rings is 1. The van der Waals surface area contributed by atoms with Crippen molar-refractivity contribution in [3.8, 4) is 0 Å². The quantitative estimate of drug-likeness (QED) is 0.627. The molecule has 0 atom stereocenters. The molecule has 0 unspecified atom stereocenters. The van der Waals surface area contributed by atoms with Crippen LogP contribution in [0.15, 0.2) is 23.1 Å². The predicted molar refractivity (Wildman–Crippen MR) is 128 cm³/mol. The lowest BCUT2D eigenvalue weighted by Crippen LogP contribution is -2.52. The van der Waals surface area contributed by atoms with E-state index in [2.05, 4.69) is 18.7 Å². The van der Waals surface area contributed by atoms with Gasteiger partial charge in [-0.1, -0.05) is 13.8 Å². The fraction of sp³-hybridized carbons (Fsp3) is 0.667. The van der Waals surface area contributed by atoms with E-state index in [0.717, 1.165) is 44.5 Å². The molecule has 182 valence electrons. The first-order valence-electron chi connectivity index (χ1n) is 12.2. The molecule has 9 heteroatoms. The van der Waals surface area contributed by atoms with Gasteiger partial charge in [-0.25, -0.2) is 8.42 Å². The maximum Gasteiger partial charge on any atom is 0.243 e. The first-order valence-corrected chi connectivity index (χ1v) is 13.7. The highest BCUT2D eigenvalue weighted by Crippen LogP contribution is 2.32. The SMILES string of the molecule is CCCN1CCN(C(=O)CN2C(=O)CCc3cc(S(=O)(=O)N4CCC(C)CC4)ccc32)CC1. The Hall–Kier alpha value is -1.97. The average molecular weight is 477 g/mol. The van der Waals surface area contributed by atoms with Gasteiger partial charge in [0.25, 0.3) is 0 Å². The number of piperazine rings is 1. The molecule has 0 bridgehead atoms. The molecule has 0 radical (unpaired) electrons. The number of fused-ring (bicyclic) bond motifs is 1. The van der Waals surface area contributed by atoms with E-state index in [0.29, 0.717) is 44.2 Å². The molecule has 2 fully saturated rings. The number of carbonyl (C=O) groups excluding carboxylic acids is 2. The van der Waals surface area contributed by atoms with Gasteiger partial charge in [-0.15, -0.1) is 0 Å². The Morgan fingerprint density at radius 1 is 1.03 bits per heavy atom. The summed E-state index contributed by atoms with van der Waals surface area (Å²) in [7, 11) is -3.55. The monoisotopic (exact) mass is 476 g/mol. The zero-order chi connectivity index (χ0) is 23.6. The molecule has 4 rings (SSSR count). The summed E-state index contributed by atoms with van der Waals surface area (Å²) in [5, 5.41) is 0. The van der Waals surface area contributed by atoms with Crippen molar-refractivity contribution >= 4 is 27.5 Å². The summed E-state index contributed by atoms with van der Waals surface area (Å²) in [6, 6.07) is 5.00. The first kappa shape index (κ1) is 24.2. The standard InChI is InChI=1S/C24H36N4O4S/c1-3-10-25-13-15-26(16-14-25)24(30)18-28-22-6-5-21(17-20(22)4-7-23(28)29)33(31,32)27-11-8-19(2)9-12-27/h5-6,17,19H,3-4,7-16,18H2,1-2H3. The van der Waals surface area contributed by atoms with Crippen molar-refractivity contribution in [3.05, 3.63) is 23.8 Å². The Kier molecular flexibility index (Phi) is 7.40. The summed E-state index contributed by atoms with van der Waals surface area (Å²) in [5.74, 6) is 0.416. The summed E-state index contributed by atoms with van der Waals surface area (Å²) >= 11 is 0. The van der Waals surface area contributed by atoms with Crippen molar-refractivity contribution in [3.63, 3.8) is 0 Å². The van der Waals surface area contributed by atoms with E-state index >= 15 is 0 Å². The Morgan fingerprint density at radius 3 is 2.39 bits per heavy atom. The van der Waals surface area contributed by atoms with Gasteiger partial charge in [0.2, 0.25) is 21.8 Å². The molecule has 2 saturated heterocycles. The van der Waals surface area contributed by atoms with Crippen LogP contribution in [-0.4, -0.2) is 86.7 Å². The van der Waals surface area contributed by atoms with Crippen LogP contribution in [0.2, 0.25) is 0 Å². The molecule has 1 aromatic rings. The number of benzene rings is 1. The normalized spacial score (nSPS) is 21.3. The van der Waals surface area contributed by atoms with Crippen LogP contribution in [0, 0.1) is 5.92 Å². The number of hydrogen-bond acceptors (Lipinski definition) is 5. The number of rotatable bonds is 6. The molecule has 33 heavy (non-hydrogen) atoms. The zero-order valence-corrected chi connectivity index (χ0v) is 20.6. The van der Waals surface area contributed by atoms with Crippen LogP contribution < -0.4 is 4.90 Å². The summed E-state index contributed by atoms with van der Waals surface area (Å²) in [6.45, 7) is 9.54. The van der Waals surface area contributed by atoms with Gasteiger partial charge in [0.15, 0.2) is 0 Å². The van der Waals surface area contributed by atoms with E-state index in [1.54, 1.807) is 27.4 Å². The maximum atomic E-state index is 13.2. The van der Waals surface area contributed by atoms with Crippen LogP contribution in [0.1, 0.15) is 45.1 Å². The van der Waals surface area contributed by atoms with Crippen molar-refractivity contribution in [1.29, 1.82) is 0 Å². The molecule has 0 N–H and O–H groups in total. The minimum absolute atomic E-state index is 0.00964. The van der Waals surface area contributed by atoms with Crippen LogP contribution in [-0.2, 0) is 26.0 Å². The second-order valence-corrected chi connectivity index (χ2v) is 11.5. The van der Waals surface area contributed by atoms with E-state index in [-0.39, 0.29) is 29.7 Å². The molecule has 0 aromatic heterocycles. The molecule has 3 heterocycles. The van der Waals surface area contributed by atoms with Gasteiger partial charge < -0.3 is 9.80 Å². The Labute approximate surface area is 197 Å². The lowest BCUT2D eigenvalue weighted by atomic mass is 10.0. The fourth-order valence-corrected chi connectivity index (χ4v) is 6.54. The van der Waals surface area contributed by atoms with Crippen LogP contribution in [0.4, 0.5) is 5.69 Å². The molecule has 2 amide bonds. The van der Waals surface area contributed by atoms with E-state index in [1.807, 2.05) is 4.90 Å². The number of amides is 2. The molecular weight excluding hydrogens is 440 g/mol. The number of nitrogens with zero attached hydrogens (tertiary/aromatic N) is 4. The minimum Gasteiger partial charge on any atom is -0.339 e. The van der Waals surface area contributed by atoms with Crippen molar-refractivity contribution in [2.24, 2.45) is 5.92 Å². The highest BCUT2D eigenvalue weighted by molar-refractivity contribution is 7.89. The molecular formula is C24H36N4O4S. The summed E-state index contributed by atoms with van der Waals surface area (Å²) in [4.78, 5) is 31.7. The second kappa shape index (κ2) is 10.1. The van der Waals surface area contributed by atoms with Gasteiger partial charge in [0.1, 0.15) is 6.54 Å². The van der Waals surface area contributed by atoms with Gasteiger partial charge in [-0.05, 0) is 61.9 Å². The summed E-state index contributed by atoms with van der Waals surface area (Å²) in [6.07, 6.45) is 3.63. The first-order chi connectivity index (χ1) is 15.8. The molecule has 0 aliphatic carbocycles. The topological polar surface area (TPSA) is 81.2 Å². The Balaban J connectivity index is 1.47. The van der Waals surface area contributed by atoms with Gasteiger partial charge in [-0.3, -0.25) is 14.5 Å². The van der Waals surface area contributed by atoms with E-state index in [1.165, 1.54) is 0 Å². The smallest absolute Gasteiger partial charge is 0.243 e. The van der Waals surface area contributed by atoms with Gasteiger partial charge in [0, 0.05) is 51.4 Å². The molecule has 3 aliphatic rings. The van der Waals surface area contributed by atoms with Gasteiger partial charge in [0.05, 0.1) is 4.90 Å². The second-order valence-electron chi connectivity index (χ2n) is 9.58. The number of hydrogen-bond donors (Lipinski definition) is 0. The largest absolute Gasteiger partial charge is 0.339 e. The highest BCUT2D eigenvalue weighted by atomic mass is 32.2. The van der Waals surface area contributed by atoms with Crippen LogP contribution >= 0.6 is 0 Å². The third-order valence-corrected chi connectivity index (χ3v) is 9.08. The average Bonchev–Trinajstić information content (AvgIpc) is 2.81. The van der Waals surface area contributed by atoms with Crippen molar-refractivity contribution in [2.45, 2.75) is 50.8 Å². The predicted octanol–water partition coefficient (Wildman–Crippen LogP) is 1.94. The summed E-state index contributed by atoms with van der Waals surface area (Å²) < 4.78 is 27.9.